The predicted molar refractivity (Wildman–Crippen MR) is 86.8 cm³/mol. The van der Waals surface area contributed by atoms with E-state index in [9.17, 15) is 4.79 Å². The van der Waals surface area contributed by atoms with Gasteiger partial charge < -0.3 is 10.5 Å². The van der Waals surface area contributed by atoms with E-state index < -0.39 is 0 Å². The van der Waals surface area contributed by atoms with Crippen molar-refractivity contribution in [3.63, 3.8) is 0 Å². The van der Waals surface area contributed by atoms with Gasteiger partial charge in [-0.1, -0.05) is 13.8 Å². The third-order valence-corrected chi connectivity index (χ3v) is 5.47. The maximum Gasteiger partial charge on any atom is 0.350 e. The molecule has 2 heterocycles. The van der Waals surface area contributed by atoms with E-state index in [1.807, 2.05) is 0 Å². The predicted octanol–water partition coefficient (Wildman–Crippen LogP) is 4.67. The highest BCUT2D eigenvalue weighted by Crippen LogP contribution is 2.45. The van der Waals surface area contributed by atoms with Crippen LogP contribution in [0.25, 0.3) is 9.75 Å². The van der Waals surface area contributed by atoms with Crippen LogP contribution in [-0.2, 0) is 4.74 Å². The number of hydrogen-bond donors (Lipinski definition) is 1. The SMILES string of the molecule is CCOC(=O)c1sc(-c2sccc2C)c(C(C)C)c1N. The number of anilines is 1. The number of aryl methyl sites for hydroxylation is 1. The number of thiophene rings is 2. The number of rotatable bonds is 4. The first-order valence-corrected chi connectivity index (χ1v) is 8.30. The fraction of sp³-hybridized carbons (Fsp3) is 0.400. The Labute approximate surface area is 127 Å². The molecule has 0 aliphatic heterocycles. The van der Waals surface area contributed by atoms with Gasteiger partial charge in [0, 0.05) is 4.88 Å². The van der Waals surface area contributed by atoms with Gasteiger partial charge in [0.05, 0.1) is 17.2 Å². The normalized spacial score (nSPS) is 11.1. The molecule has 0 spiro atoms. The quantitative estimate of drug-likeness (QED) is 0.835. The number of nitrogens with two attached hydrogens (primary N) is 1. The molecule has 5 heteroatoms. The highest BCUT2D eigenvalue weighted by molar-refractivity contribution is 7.23. The maximum absolute atomic E-state index is 12.0. The highest BCUT2D eigenvalue weighted by atomic mass is 32.1. The molecule has 108 valence electrons. The Kier molecular flexibility index (Phi) is 4.50. The molecule has 2 aromatic rings. The Morgan fingerprint density at radius 2 is 2.10 bits per heavy atom. The average molecular weight is 309 g/mol. The Bertz CT molecular complexity index is 626. The van der Waals surface area contributed by atoms with Crippen molar-refractivity contribution in [2.45, 2.75) is 33.6 Å². The van der Waals surface area contributed by atoms with Gasteiger partial charge in [-0.2, -0.15) is 0 Å². The van der Waals surface area contributed by atoms with E-state index in [1.54, 1.807) is 18.3 Å². The van der Waals surface area contributed by atoms with Crippen molar-refractivity contribution in [1.82, 2.24) is 0 Å². The van der Waals surface area contributed by atoms with Crippen LogP contribution in [0.3, 0.4) is 0 Å². The van der Waals surface area contributed by atoms with E-state index >= 15 is 0 Å². The summed E-state index contributed by atoms with van der Waals surface area (Å²) in [5.74, 6) is -0.0525. The molecule has 2 rings (SSSR count). The van der Waals surface area contributed by atoms with Crippen LogP contribution in [0, 0.1) is 6.92 Å². The van der Waals surface area contributed by atoms with E-state index in [0.29, 0.717) is 17.2 Å². The molecule has 0 atom stereocenters. The fourth-order valence-corrected chi connectivity index (χ4v) is 4.58. The Balaban J connectivity index is 2.60. The van der Waals surface area contributed by atoms with Crippen LogP contribution in [0.5, 0.6) is 0 Å². The van der Waals surface area contributed by atoms with Gasteiger partial charge in [-0.15, -0.1) is 22.7 Å². The zero-order valence-corrected chi connectivity index (χ0v) is 13.8. The van der Waals surface area contributed by atoms with Crippen LogP contribution >= 0.6 is 22.7 Å². The molecule has 0 fully saturated rings. The van der Waals surface area contributed by atoms with Crippen LogP contribution < -0.4 is 5.73 Å². The second kappa shape index (κ2) is 5.97. The molecular weight excluding hydrogens is 290 g/mol. The minimum absolute atomic E-state index is 0.269. The molecule has 20 heavy (non-hydrogen) atoms. The van der Waals surface area contributed by atoms with E-state index in [1.165, 1.54) is 21.8 Å². The molecule has 2 aromatic heterocycles. The number of carbonyl (C=O) groups is 1. The number of hydrogen-bond acceptors (Lipinski definition) is 5. The lowest BCUT2D eigenvalue weighted by Gasteiger charge is -2.08. The van der Waals surface area contributed by atoms with Crippen LogP contribution in [0.15, 0.2) is 11.4 Å². The van der Waals surface area contributed by atoms with Crippen LogP contribution in [0.2, 0.25) is 0 Å². The van der Waals surface area contributed by atoms with Gasteiger partial charge in [0.25, 0.3) is 0 Å². The summed E-state index contributed by atoms with van der Waals surface area (Å²) in [6.45, 7) is 8.44. The Hall–Kier alpha value is -1.33. The average Bonchev–Trinajstić information content (AvgIpc) is 2.93. The summed E-state index contributed by atoms with van der Waals surface area (Å²) in [6, 6.07) is 2.09. The van der Waals surface area contributed by atoms with E-state index in [2.05, 4.69) is 32.2 Å². The molecule has 0 radical (unpaired) electrons. The van der Waals surface area contributed by atoms with Crippen molar-refractivity contribution < 1.29 is 9.53 Å². The van der Waals surface area contributed by atoms with Crippen LogP contribution in [-0.4, -0.2) is 12.6 Å². The largest absolute Gasteiger partial charge is 0.462 e. The second-order valence-corrected chi connectivity index (χ2v) is 6.83. The molecule has 0 saturated heterocycles. The van der Waals surface area contributed by atoms with Crippen LogP contribution in [0.4, 0.5) is 5.69 Å². The summed E-state index contributed by atoms with van der Waals surface area (Å²) in [7, 11) is 0. The zero-order chi connectivity index (χ0) is 14.9. The van der Waals surface area contributed by atoms with Crippen molar-refractivity contribution in [2.75, 3.05) is 12.3 Å². The van der Waals surface area contributed by atoms with Gasteiger partial charge in [0.2, 0.25) is 0 Å². The van der Waals surface area contributed by atoms with Gasteiger partial charge >= 0.3 is 5.97 Å². The lowest BCUT2D eigenvalue weighted by molar-refractivity contribution is 0.0533. The van der Waals surface area contributed by atoms with Gasteiger partial charge in [0.1, 0.15) is 4.88 Å². The molecular formula is C15H19NO2S2. The summed E-state index contributed by atoms with van der Waals surface area (Å²) >= 11 is 3.13. The van der Waals surface area contributed by atoms with E-state index in [4.69, 9.17) is 10.5 Å². The smallest absolute Gasteiger partial charge is 0.350 e. The third kappa shape index (κ3) is 2.60. The second-order valence-electron chi connectivity index (χ2n) is 4.90. The summed E-state index contributed by atoms with van der Waals surface area (Å²) in [5, 5.41) is 2.06. The minimum atomic E-state index is -0.322. The number of carbonyl (C=O) groups excluding carboxylic acids is 1. The Morgan fingerprint density at radius 1 is 1.40 bits per heavy atom. The van der Waals surface area contributed by atoms with Crippen molar-refractivity contribution in [1.29, 1.82) is 0 Å². The van der Waals surface area contributed by atoms with Gasteiger partial charge in [0.15, 0.2) is 0 Å². The van der Waals surface area contributed by atoms with Crippen molar-refractivity contribution >= 4 is 34.3 Å². The summed E-state index contributed by atoms with van der Waals surface area (Å²) < 4.78 is 5.10. The molecule has 0 unspecified atom stereocenters. The summed E-state index contributed by atoms with van der Waals surface area (Å²) in [5.41, 5.74) is 9.06. The van der Waals surface area contributed by atoms with E-state index in [-0.39, 0.29) is 11.9 Å². The van der Waals surface area contributed by atoms with Gasteiger partial charge in [-0.25, -0.2) is 4.79 Å². The molecule has 0 bridgehead atoms. The standard InChI is InChI=1S/C15H19NO2S2/c1-5-18-15(17)14-11(16)10(8(2)3)13(20-14)12-9(4)6-7-19-12/h6-8H,5,16H2,1-4H3. The molecule has 0 saturated carbocycles. The summed E-state index contributed by atoms with van der Waals surface area (Å²) in [4.78, 5) is 14.8. The number of nitrogen functional groups attached to an aromatic ring is 1. The molecule has 0 aliphatic carbocycles. The maximum atomic E-state index is 12.0. The fourth-order valence-electron chi connectivity index (χ4n) is 2.15. The zero-order valence-electron chi connectivity index (χ0n) is 12.1. The number of esters is 1. The molecule has 0 aliphatic rings. The van der Waals surface area contributed by atoms with Crippen LogP contribution in [0.1, 0.15) is 47.5 Å². The molecule has 2 N–H and O–H groups in total. The van der Waals surface area contributed by atoms with E-state index in [0.717, 1.165) is 10.4 Å². The lowest BCUT2D eigenvalue weighted by Crippen LogP contribution is -2.06. The van der Waals surface area contributed by atoms with Crippen molar-refractivity contribution in [3.05, 3.63) is 27.5 Å². The van der Waals surface area contributed by atoms with Gasteiger partial charge in [-0.3, -0.25) is 0 Å². The molecule has 0 aromatic carbocycles. The lowest BCUT2D eigenvalue weighted by atomic mass is 10.00. The number of ether oxygens (including phenoxy) is 1. The molecule has 0 amide bonds. The topological polar surface area (TPSA) is 52.3 Å². The summed E-state index contributed by atoms with van der Waals surface area (Å²) in [6.07, 6.45) is 0. The molecule has 3 nitrogen and oxygen atoms in total. The third-order valence-electron chi connectivity index (χ3n) is 3.09. The highest BCUT2D eigenvalue weighted by Gasteiger charge is 2.25. The first-order chi connectivity index (χ1) is 9.47. The Morgan fingerprint density at radius 3 is 2.60 bits per heavy atom. The van der Waals surface area contributed by atoms with Gasteiger partial charge in [-0.05, 0) is 42.3 Å². The van der Waals surface area contributed by atoms with Crippen molar-refractivity contribution in [3.8, 4) is 9.75 Å². The monoisotopic (exact) mass is 309 g/mol. The minimum Gasteiger partial charge on any atom is -0.462 e. The first-order valence-electron chi connectivity index (χ1n) is 6.61. The first kappa shape index (κ1) is 15.1. The van der Waals surface area contributed by atoms with Crippen molar-refractivity contribution in [2.24, 2.45) is 0 Å².